The minimum atomic E-state index is -2.72. The smallest absolute Gasteiger partial charge is 0.333 e. The van der Waals surface area contributed by atoms with Gasteiger partial charge in [0.2, 0.25) is 17.2 Å². The maximum atomic E-state index is 12.7. The van der Waals surface area contributed by atoms with Crippen molar-refractivity contribution in [1.82, 2.24) is 0 Å². The lowest BCUT2D eigenvalue weighted by Crippen LogP contribution is -2.62. The summed E-state index contributed by atoms with van der Waals surface area (Å²) in [6, 6.07) is 5.90. The van der Waals surface area contributed by atoms with Gasteiger partial charge in [0.25, 0.3) is 0 Å². The molecule has 0 spiro atoms. The Hall–Kier alpha value is -1.61. The zero-order valence-corrected chi connectivity index (χ0v) is 13.5. The molecular formula is C15H11IO6. The standard InChI is InChI=1S/C15H11IO6/c16-22-13(20)14(7-3-6-10(14)17)15(21)11(18)8-4-1-2-5-9(8)12(15)19/h1-2,4-5,21H,3,6-7H2. The number of rotatable bonds is 2. The predicted molar refractivity (Wildman–Crippen MR) is 81.5 cm³/mol. The normalized spacial score (nSPS) is 26.2. The van der Waals surface area contributed by atoms with Crippen LogP contribution in [0, 0.1) is 5.41 Å². The summed E-state index contributed by atoms with van der Waals surface area (Å²) >= 11 is 1.29. The van der Waals surface area contributed by atoms with Crippen LogP contribution in [0.1, 0.15) is 40.0 Å². The maximum Gasteiger partial charge on any atom is 0.333 e. The number of halogens is 1. The Morgan fingerprint density at radius 1 is 1.14 bits per heavy atom. The number of ketones is 3. The van der Waals surface area contributed by atoms with Crippen LogP contribution in [0.2, 0.25) is 0 Å². The highest BCUT2D eigenvalue weighted by atomic mass is 127. The first kappa shape index (κ1) is 15.3. The van der Waals surface area contributed by atoms with E-state index in [1.807, 2.05) is 0 Å². The first-order valence-corrected chi connectivity index (χ1v) is 7.56. The van der Waals surface area contributed by atoms with Crippen LogP contribution < -0.4 is 0 Å². The van der Waals surface area contributed by atoms with Crippen molar-refractivity contribution < 1.29 is 27.4 Å². The first-order chi connectivity index (χ1) is 10.4. The second-order valence-electron chi connectivity index (χ2n) is 5.46. The highest BCUT2D eigenvalue weighted by Gasteiger charge is 2.72. The number of Topliss-reactive ketones (excluding diaryl/α,β-unsaturated/α-hetero) is 3. The van der Waals surface area contributed by atoms with Crippen molar-refractivity contribution in [2.75, 3.05) is 0 Å². The summed E-state index contributed by atoms with van der Waals surface area (Å²) in [5.74, 6) is -3.51. The molecule has 22 heavy (non-hydrogen) atoms. The van der Waals surface area contributed by atoms with E-state index >= 15 is 0 Å². The van der Waals surface area contributed by atoms with Gasteiger partial charge in [-0.1, -0.05) is 24.3 Å². The Balaban J connectivity index is 2.26. The van der Waals surface area contributed by atoms with Crippen molar-refractivity contribution in [1.29, 1.82) is 0 Å². The van der Waals surface area contributed by atoms with Gasteiger partial charge in [0, 0.05) is 17.5 Å². The van der Waals surface area contributed by atoms with E-state index in [1.54, 1.807) is 12.1 Å². The molecule has 2 aliphatic rings. The van der Waals surface area contributed by atoms with Crippen LogP contribution in [0.25, 0.3) is 0 Å². The Morgan fingerprint density at radius 3 is 2.09 bits per heavy atom. The topological polar surface area (TPSA) is 97.7 Å². The molecule has 0 aromatic heterocycles. The second kappa shape index (κ2) is 4.95. The lowest BCUT2D eigenvalue weighted by molar-refractivity contribution is -0.158. The van der Waals surface area contributed by atoms with Crippen molar-refractivity contribution in [3.05, 3.63) is 35.4 Å². The average Bonchev–Trinajstić information content (AvgIpc) is 3.02. The Labute approximate surface area is 139 Å². The number of aliphatic hydroxyl groups is 1. The number of benzene rings is 1. The quantitative estimate of drug-likeness (QED) is 0.581. The Bertz CT molecular complexity index is 689. The van der Waals surface area contributed by atoms with Crippen molar-refractivity contribution >= 4 is 46.3 Å². The van der Waals surface area contributed by atoms with Gasteiger partial charge in [-0.25, -0.2) is 0 Å². The van der Waals surface area contributed by atoms with E-state index in [9.17, 15) is 24.3 Å². The maximum absolute atomic E-state index is 12.7. The van der Waals surface area contributed by atoms with E-state index in [1.165, 1.54) is 35.1 Å². The lowest BCUT2D eigenvalue weighted by Gasteiger charge is -2.35. The van der Waals surface area contributed by atoms with Gasteiger partial charge in [-0.05, 0) is 12.8 Å². The fourth-order valence-corrected chi connectivity index (χ4v) is 3.81. The van der Waals surface area contributed by atoms with E-state index in [2.05, 4.69) is 3.07 Å². The summed E-state index contributed by atoms with van der Waals surface area (Å²) in [5.41, 5.74) is -4.82. The van der Waals surface area contributed by atoms with E-state index in [0.29, 0.717) is 6.42 Å². The van der Waals surface area contributed by atoms with Gasteiger partial charge in [-0.2, -0.15) is 0 Å². The predicted octanol–water partition coefficient (Wildman–Crippen LogP) is 1.43. The van der Waals surface area contributed by atoms with Crippen molar-refractivity contribution in [3.63, 3.8) is 0 Å². The largest absolute Gasteiger partial charge is 0.394 e. The third-order valence-corrected chi connectivity index (χ3v) is 4.94. The number of fused-ring (bicyclic) bond motifs is 1. The monoisotopic (exact) mass is 414 g/mol. The van der Waals surface area contributed by atoms with Gasteiger partial charge < -0.3 is 8.17 Å². The molecule has 0 heterocycles. The molecule has 2 aliphatic carbocycles. The summed E-state index contributed by atoms with van der Waals surface area (Å²) in [7, 11) is 0. The van der Waals surface area contributed by atoms with Crippen LogP contribution in [0.5, 0.6) is 0 Å². The third kappa shape index (κ3) is 1.58. The number of carbonyl (C=O) groups is 4. The molecule has 114 valence electrons. The molecule has 6 nitrogen and oxygen atoms in total. The zero-order valence-electron chi connectivity index (χ0n) is 11.3. The average molecular weight is 414 g/mol. The van der Waals surface area contributed by atoms with E-state index in [4.69, 9.17) is 0 Å². The van der Waals surface area contributed by atoms with Crippen molar-refractivity contribution in [2.45, 2.75) is 24.9 Å². The van der Waals surface area contributed by atoms with Gasteiger partial charge in [0.15, 0.2) is 34.2 Å². The molecule has 0 bridgehead atoms. The molecular weight excluding hydrogens is 403 g/mol. The molecule has 0 amide bonds. The molecule has 0 radical (unpaired) electrons. The van der Waals surface area contributed by atoms with E-state index in [-0.39, 0.29) is 24.0 Å². The minimum absolute atomic E-state index is 0.0188. The van der Waals surface area contributed by atoms with Crippen LogP contribution in [0.3, 0.4) is 0 Å². The third-order valence-electron chi connectivity index (χ3n) is 4.54. The Morgan fingerprint density at radius 2 is 1.68 bits per heavy atom. The van der Waals surface area contributed by atoms with Crippen LogP contribution in [0.4, 0.5) is 0 Å². The molecule has 1 N–H and O–H groups in total. The first-order valence-electron chi connectivity index (χ1n) is 6.68. The SMILES string of the molecule is O=C1c2ccccc2C(=O)C1(O)C1(C(=O)OI)CCCC1=O. The summed E-state index contributed by atoms with van der Waals surface area (Å²) < 4.78 is 4.63. The molecule has 1 fully saturated rings. The molecule has 1 aromatic carbocycles. The van der Waals surface area contributed by atoms with E-state index < -0.39 is 34.3 Å². The Kier molecular flexibility index (Phi) is 3.44. The molecule has 3 rings (SSSR count). The molecule has 1 unspecified atom stereocenters. The fraction of sp³-hybridized carbons (Fsp3) is 0.333. The lowest BCUT2D eigenvalue weighted by atomic mass is 9.67. The zero-order chi connectivity index (χ0) is 16.1. The van der Waals surface area contributed by atoms with Gasteiger partial charge in [0.05, 0.1) is 0 Å². The van der Waals surface area contributed by atoms with Gasteiger partial charge >= 0.3 is 5.97 Å². The van der Waals surface area contributed by atoms with Crippen molar-refractivity contribution in [2.24, 2.45) is 5.41 Å². The fourth-order valence-electron chi connectivity index (χ4n) is 3.44. The second-order valence-corrected chi connectivity index (χ2v) is 5.90. The molecule has 7 heteroatoms. The number of carbonyl (C=O) groups excluding carboxylic acids is 4. The summed E-state index contributed by atoms with van der Waals surface area (Å²) in [6.45, 7) is 0. The van der Waals surface area contributed by atoms with Gasteiger partial charge in [-0.3, -0.25) is 19.2 Å². The summed E-state index contributed by atoms with van der Waals surface area (Å²) in [5, 5.41) is 10.9. The van der Waals surface area contributed by atoms with Crippen LogP contribution in [-0.2, 0) is 12.7 Å². The molecule has 0 saturated heterocycles. The summed E-state index contributed by atoms with van der Waals surface area (Å²) in [4.78, 5) is 49.9. The van der Waals surface area contributed by atoms with Crippen LogP contribution >= 0.6 is 23.0 Å². The minimum Gasteiger partial charge on any atom is -0.394 e. The van der Waals surface area contributed by atoms with Gasteiger partial charge in [-0.15, -0.1) is 0 Å². The van der Waals surface area contributed by atoms with Crippen LogP contribution in [0.15, 0.2) is 24.3 Å². The molecule has 0 aliphatic heterocycles. The molecule has 1 saturated carbocycles. The van der Waals surface area contributed by atoms with Crippen molar-refractivity contribution in [3.8, 4) is 0 Å². The number of hydrogen-bond donors (Lipinski definition) is 1. The highest BCUT2D eigenvalue weighted by molar-refractivity contribution is 14.1. The molecule has 1 atom stereocenters. The summed E-state index contributed by atoms with van der Waals surface area (Å²) in [6.07, 6.45) is 0.240. The molecule has 1 aromatic rings. The van der Waals surface area contributed by atoms with E-state index in [0.717, 1.165) is 0 Å². The number of hydrogen-bond acceptors (Lipinski definition) is 6. The van der Waals surface area contributed by atoms with Crippen LogP contribution in [-0.4, -0.2) is 34.0 Å². The van der Waals surface area contributed by atoms with Gasteiger partial charge in [0.1, 0.15) is 0 Å². The highest BCUT2D eigenvalue weighted by Crippen LogP contribution is 2.51.